The zero-order valence-corrected chi connectivity index (χ0v) is 14.3. The van der Waals surface area contributed by atoms with Crippen LogP contribution in [0.3, 0.4) is 0 Å². The van der Waals surface area contributed by atoms with Crippen molar-refractivity contribution in [3.05, 3.63) is 0 Å². The maximum Gasteiger partial charge on any atom is 0.0823 e. The van der Waals surface area contributed by atoms with Crippen molar-refractivity contribution in [1.29, 1.82) is 0 Å². The predicted octanol–water partition coefficient (Wildman–Crippen LogP) is 4.18. The normalized spacial score (nSPS) is 15.9. The Morgan fingerprint density at radius 2 is 1.05 bits per heavy atom. The van der Waals surface area contributed by atoms with Crippen LogP contribution in [-0.4, -0.2) is 33.6 Å². The van der Waals surface area contributed by atoms with Gasteiger partial charge in [-0.3, -0.25) is 0 Å². The molecule has 0 aliphatic rings. The van der Waals surface area contributed by atoms with Crippen LogP contribution in [0.15, 0.2) is 0 Å². The van der Waals surface area contributed by atoms with Gasteiger partial charge in [-0.15, -0.1) is 0 Å². The molecule has 0 spiro atoms. The van der Waals surface area contributed by atoms with Gasteiger partial charge in [0.05, 0.1) is 18.3 Å². The lowest BCUT2D eigenvalue weighted by Gasteiger charge is -2.20. The molecule has 0 heterocycles. The van der Waals surface area contributed by atoms with E-state index >= 15 is 0 Å². The van der Waals surface area contributed by atoms with Gasteiger partial charge in [-0.1, -0.05) is 78.1 Å². The van der Waals surface area contributed by atoms with Crippen molar-refractivity contribution < 1.29 is 15.3 Å². The highest BCUT2D eigenvalue weighted by atomic mass is 16.3. The fourth-order valence-corrected chi connectivity index (χ4v) is 2.69. The third kappa shape index (κ3) is 13.3. The number of hydrogen-bond donors (Lipinski definition) is 3. The number of hydrogen-bond acceptors (Lipinski definition) is 3. The Morgan fingerprint density at radius 3 is 1.67 bits per heavy atom. The van der Waals surface area contributed by atoms with Crippen LogP contribution in [0.25, 0.3) is 0 Å². The molecule has 0 fully saturated rings. The Bertz CT molecular complexity index is 209. The molecule has 21 heavy (non-hydrogen) atoms. The van der Waals surface area contributed by atoms with Gasteiger partial charge in [-0.25, -0.2) is 0 Å². The second-order valence-electron chi connectivity index (χ2n) is 6.43. The highest BCUT2D eigenvalue weighted by molar-refractivity contribution is 4.71. The maximum absolute atomic E-state index is 9.92. The summed E-state index contributed by atoms with van der Waals surface area (Å²) in [7, 11) is 0. The Labute approximate surface area is 131 Å². The second kappa shape index (κ2) is 14.8. The van der Waals surface area contributed by atoms with E-state index in [1.54, 1.807) is 0 Å². The van der Waals surface area contributed by atoms with Gasteiger partial charge in [0.15, 0.2) is 0 Å². The molecule has 3 atom stereocenters. The fraction of sp³-hybridized carbons (Fsp3) is 1.00. The summed E-state index contributed by atoms with van der Waals surface area (Å²) >= 11 is 0. The molecule has 0 bridgehead atoms. The van der Waals surface area contributed by atoms with Gasteiger partial charge in [-0.2, -0.15) is 0 Å². The summed E-state index contributed by atoms with van der Waals surface area (Å²) in [5, 5.41) is 29.7. The number of aliphatic hydroxyl groups excluding tert-OH is 3. The Balaban J connectivity index is 3.56. The first-order chi connectivity index (χ1) is 10.1. The minimum atomic E-state index is -0.776. The molecule has 128 valence electrons. The van der Waals surface area contributed by atoms with E-state index in [2.05, 4.69) is 13.8 Å². The lowest BCUT2D eigenvalue weighted by molar-refractivity contribution is -0.0182. The number of aliphatic hydroxyl groups is 3. The molecule has 0 rings (SSSR count). The minimum Gasteiger partial charge on any atom is -0.393 e. The van der Waals surface area contributed by atoms with Gasteiger partial charge in [0.1, 0.15) is 0 Å². The van der Waals surface area contributed by atoms with Crippen LogP contribution in [0.4, 0.5) is 0 Å². The van der Waals surface area contributed by atoms with Crippen LogP contribution < -0.4 is 0 Å². The van der Waals surface area contributed by atoms with Crippen molar-refractivity contribution in [2.45, 2.75) is 116 Å². The fourth-order valence-electron chi connectivity index (χ4n) is 2.69. The number of rotatable bonds is 15. The summed E-state index contributed by atoms with van der Waals surface area (Å²) in [6.07, 6.45) is 11.4. The molecule has 0 aromatic heterocycles. The quantitative estimate of drug-likeness (QED) is 0.398. The van der Waals surface area contributed by atoms with Gasteiger partial charge in [0.2, 0.25) is 0 Å². The van der Waals surface area contributed by atoms with E-state index in [9.17, 15) is 15.3 Å². The van der Waals surface area contributed by atoms with Gasteiger partial charge in [-0.05, 0) is 12.8 Å². The van der Waals surface area contributed by atoms with Crippen molar-refractivity contribution in [1.82, 2.24) is 0 Å². The molecule has 0 aromatic carbocycles. The molecule has 3 N–H and O–H groups in total. The third-order valence-electron chi connectivity index (χ3n) is 4.20. The van der Waals surface area contributed by atoms with E-state index in [0.29, 0.717) is 12.8 Å². The third-order valence-corrected chi connectivity index (χ3v) is 4.20. The lowest BCUT2D eigenvalue weighted by atomic mass is 9.98. The summed E-state index contributed by atoms with van der Waals surface area (Å²) in [5.41, 5.74) is 0. The van der Waals surface area contributed by atoms with Crippen LogP contribution >= 0.6 is 0 Å². The first-order valence-electron chi connectivity index (χ1n) is 9.16. The molecule has 0 saturated heterocycles. The summed E-state index contributed by atoms with van der Waals surface area (Å²) in [6.45, 7) is 4.37. The summed E-state index contributed by atoms with van der Waals surface area (Å²) < 4.78 is 0. The van der Waals surface area contributed by atoms with Crippen LogP contribution in [0.2, 0.25) is 0 Å². The molecule has 0 radical (unpaired) electrons. The Morgan fingerprint density at radius 1 is 0.571 bits per heavy atom. The van der Waals surface area contributed by atoms with Gasteiger partial charge < -0.3 is 15.3 Å². The smallest absolute Gasteiger partial charge is 0.0823 e. The van der Waals surface area contributed by atoms with E-state index in [-0.39, 0.29) is 0 Å². The van der Waals surface area contributed by atoms with E-state index in [1.807, 2.05) is 0 Å². The molecule has 0 aliphatic carbocycles. The zero-order chi connectivity index (χ0) is 15.9. The Kier molecular flexibility index (Phi) is 14.7. The standard InChI is InChI=1S/C18H38O3/c1-3-5-7-9-10-12-14-17(20)18(21)15-16(19)13-11-8-6-4-2/h16-21H,3-15H2,1-2H3/t16-,17?,18?/m1/s1. The highest BCUT2D eigenvalue weighted by Gasteiger charge is 2.19. The van der Waals surface area contributed by atoms with Crippen LogP contribution in [0.1, 0.15) is 97.3 Å². The van der Waals surface area contributed by atoms with Crippen molar-refractivity contribution in [3.63, 3.8) is 0 Å². The second-order valence-corrected chi connectivity index (χ2v) is 6.43. The van der Waals surface area contributed by atoms with Crippen LogP contribution in [-0.2, 0) is 0 Å². The first-order valence-corrected chi connectivity index (χ1v) is 9.16. The Hall–Kier alpha value is -0.120. The number of unbranched alkanes of at least 4 members (excludes halogenated alkanes) is 8. The summed E-state index contributed by atoms with van der Waals surface area (Å²) in [4.78, 5) is 0. The van der Waals surface area contributed by atoms with Crippen LogP contribution in [0.5, 0.6) is 0 Å². The topological polar surface area (TPSA) is 60.7 Å². The van der Waals surface area contributed by atoms with Crippen molar-refractivity contribution >= 4 is 0 Å². The first kappa shape index (κ1) is 20.9. The van der Waals surface area contributed by atoms with Crippen molar-refractivity contribution in [2.75, 3.05) is 0 Å². The lowest BCUT2D eigenvalue weighted by Crippen LogP contribution is -2.30. The maximum atomic E-state index is 9.92. The van der Waals surface area contributed by atoms with E-state index in [4.69, 9.17) is 0 Å². The summed E-state index contributed by atoms with van der Waals surface area (Å²) in [5.74, 6) is 0. The molecule has 0 saturated carbocycles. The SMILES string of the molecule is CCCCCCCCC(O)C(O)C[C@H](O)CCCCCC. The van der Waals surface area contributed by atoms with Crippen LogP contribution in [0, 0.1) is 0 Å². The van der Waals surface area contributed by atoms with Gasteiger partial charge >= 0.3 is 0 Å². The monoisotopic (exact) mass is 302 g/mol. The molecule has 3 heteroatoms. The van der Waals surface area contributed by atoms with E-state index < -0.39 is 18.3 Å². The molecule has 0 aliphatic heterocycles. The summed E-state index contributed by atoms with van der Waals surface area (Å²) in [6, 6.07) is 0. The molecule has 3 nitrogen and oxygen atoms in total. The minimum absolute atomic E-state index is 0.309. The zero-order valence-electron chi connectivity index (χ0n) is 14.3. The average molecular weight is 302 g/mol. The molecule has 0 amide bonds. The van der Waals surface area contributed by atoms with Crippen molar-refractivity contribution in [3.8, 4) is 0 Å². The van der Waals surface area contributed by atoms with Gasteiger partial charge in [0, 0.05) is 6.42 Å². The molecule has 2 unspecified atom stereocenters. The predicted molar refractivity (Wildman–Crippen MR) is 89.4 cm³/mol. The molecular formula is C18H38O3. The van der Waals surface area contributed by atoms with E-state index in [0.717, 1.165) is 32.1 Å². The largest absolute Gasteiger partial charge is 0.393 e. The van der Waals surface area contributed by atoms with Crippen molar-refractivity contribution in [2.24, 2.45) is 0 Å². The average Bonchev–Trinajstić information content (AvgIpc) is 2.47. The van der Waals surface area contributed by atoms with E-state index in [1.165, 1.54) is 38.5 Å². The molecular weight excluding hydrogens is 264 g/mol. The highest BCUT2D eigenvalue weighted by Crippen LogP contribution is 2.15. The van der Waals surface area contributed by atoms with Gasteiger partial charge in [0.25, 0.3) is 0 Å². The molecule has 0 aromatic rings.